The lowest BCUT2D eigenvalue weighted by molar-refractivity contribution is -0.143. The number of ether oxygens (including phenoxy) is 2. The maximum absolute atomic E-state index is 13.3. The summed E-state index contributed by atoms with van der Waals surface area (Å²) < 4.78 is 10.7. The number of piperazine rings is 1. The molecule has 30 heavy (non-hydrogen) atoms. The van der Waals surface area contributed by atoms with Crippen molar-refractivity contribution in [2.45, 2.75) is 52.7 Å². The molecule has 0 aromatic carbocycles. The van der Waals surface area contributed by atoms with E-state index >= 15 is 0 Å². The molecule has 2 aliphatic rings. The van der Waals surface area contributed by atoms with E-state index in [0.29, 0.717) is 45.1 Å². The van der Waals surface area contributed by atoms with Crippen molar-refractivity contribution in [2.24, 2.45) is 5.92 Å². The van der Waals surface area contributed by atoms with Gasteiger partial charge in [-0.25, -0.2) is 4.79 Å². The minimum Gasteiger partial charge on any atom is -0.496 e. The summed E-state index contributed by atoms with van der Waals surface area (Å²) in [6.45, 7) is 10.7. The smallest absolute Gasteiger partial charge is 0.321 e. The molecule has 1 aromatic heterocycles. The van der Waals surface area contributed by atoms with Crippen molar-refractivity contribution < 1.29 is 19.1 Å². The number of carbonyl (C=O) groups excluding carboxylic acids is 2. The Hall–Kier alpha value is -2.35. The number of hydrogen-bond donors (Lipinski definition) is 0. The number of amides is 3. The van der Waals surface area contributed by atoms with E-state index in [4.69, 9.17) is 9.47 Å². The van der Waals surface area contributed by atoms with Crippen LogP contribution < -0.4 is 4.74 Å². The quantitative estimate of drug-likeness (QED) is 0.647. The summed E-state index contributed by atoms with van der Waals surface area (Å²) in [5.74, 6) is 1.15. The number of nitrogens with zero attached hydrogens (tertiary/aromatic N) is 4. The second-order valence-electron chi connectivity index (χ2n) is 8.69. The Morgan fingerprint density at radius 2 is 1.87 bits per heavy atom. The second-order valence-corrected chi connectivity index (χ2v) is 8.69. The predicted molar refractivity (Wildman–Crippen MR) is 113 cm³/mol. The van der Waals surface area contributed by atoms with Crippen molar-refractivity contribution in [3.63, 3.8) is 0 Å². The molecule has 0 spiro atoms. The van der Waals surface area contributed by atoms with Crippen molar-refractivity contribution in [3.8, 4) is 5.75 Å². The highest BCUT2D eigenvalue weighted by atomic mass is 16.5. The summed E-state index contributed by atoms with van der Waals surface area (Å²) in [7, 11) is 3.29. The summed E-state index contributed by atoms with van der Waals surface area (Å²) in [6.07, 6.45) is 2.45. The van der Waals surface area contributed by atoms with Gasteiger partial charge in [-0.3, -0.25) is 9.78 Å². The lowest BCUT2D eigenvalue weighted by Crippen LogP contribution is -2.61. The first kappa shape index (κ1) is 22.3. The molecule has 1 aromatic rings. The Labute approximate surface area is 179 Å². The highest BCUT2D eigenvalue weighted by molar-refractivity contribution is 5.90. The van der Waals surface area contributed by atoms with Crippen LogP contribution >= 0.6 is 0 Å². The van der Waals surface area contributed by atoms with Crippen LogP contribution in [0.3, 0.4) is 0 Å². The molecule has 0 saturated carbocycles. The van der Waals surface area contributed by atoms with Crippen LogP contribution in [0.5, 0.6) is 5.75 Å². The van der Waals surface area contributed by atoms with Crippen LogP contribution in [-0.4, -0.2) is 84.2 Å². The number of aromatic nitrogens is 1. The third kappa shape index (κ3) is 4.24. The van der Waals surface area contributed by atoms with Crippen LogP contribution in [-0.2, 0) is 16.1 Å². The first-order valence-electron chi connectivity index (χ1n) is 10.6. The molecule has 0 radical (unpaired) electrons. The van der Waals surface area contributed by atoms with Gasteiger partial charge in [0, 0.05) is 44.1 Å². The van der Waals surface area contributed by atoms with Gasteiger partial charge in [-0.2, -0.15) is 0 Å². The Bertz CT molecular complexity index is 798. The minimum atomic E-state index is -0.417. The molecule has 0 unspecified atom stereocenters. The second kappa shape index (κ2) is 9.20. The van der Waals surface area contributed by atoms with E-state index in [2.05, 4.69) is 18.8 Å². The molecule has 2 saturated heterocycles. The fraction of sp³-hybridized carbons (Fsp3) is 0.682. The summed E-state index contributed by atoms with van der Waals surface area (Å²) in [4.78, 5) is 36.5. The fourth-order valence-electron chi connectivity index (χ4n) is 4.55. The van der Waals surface area contributed by atoms with Gasteiger partial charge >= 0.3 is 6.03 Å². The molecule has 2 aliphatic heterocycles. The van der Waals surface area contributed by atoms with E-state index in [0.717, 1.165) is 22.6 Å². The molecule has 8 nitrogen and oxygen atoms in total. The Morgan fingerprint density at radius 1 is 1.17 bits per heavy atom. The molecule has 2 atom stereocenters. The Morgan fingerprint density at radius 3 is 2.50 bits per heavy atom. The van der Waals surface area contributed by atoms with Crippen LogP contribution in [0.25, 0.3) is 0 Å². The molecular weight excluding hydrogens is 384 g/mol. The van der Waals surface area contributed by atoms with Gasteiger partial charge in [0.05, 0.1) is 32.0 Å². The van der Waals surface area contributed by atoms with Gasteiger partial charge in [0.25, 0.3) is 0 Å². The standard InChI is InChI=1S/C22H34N4O4/c1-14(2)9-19-21(27)24(7-8-29-5)11-17-12-25(22(28)26(17)19)13-18-16(4)20(30-6)15(3)10-23-18/h10,14,17,19H,7-9,11-13H2,1-6H3/t17-,19+/m1/s1. The third-order valence-corrected chi connectivity index (χ3v) is 6.03. The van der Waals surface area contributed by atoms with Crippen molar-refractivity contribution in [1.82, 2.24) is 19.7 Å². The van der Waals surface area contributed by atoms with E-state index in [-0.39, 0.29) is 18.0 Å². The van der Waals surface area contributed by atoms with Crippen LogP contribution in [0, 0.1) is 19.8 Å². The number of rotatable bonds is 8. The maximum Gasteiger partial charge on any atom is 0.321 e. The third-order valence-electron chi connectivity index (χ3n) is 6.03. The molecule has 8 heteroatoms. The highest BCUT2D eigenvalue weighted by Crippen LogP contribution is 2.31. The van der Waals surface area contributed by atoms with Gasteiger partial charge in [-0.1, -0.05) is 13.8 Å². The molecular formula is C22H34N4O4. The molecule has 3 amide bonds. The highest BCUT2D eigenvalue weighted by Gasteiger charge is 2.49. The zero-order valence-electron chi connectivity index (χ0n) is 19.0. The number of methoxy groups -OCH3 is 2. The minimum absolute atomic E-state index is 0.0107. The van der Waals surface area contributed by atoms with Crippen LogP contribution in [0.15, 0.2) is 6.20 Å². The van der Waals surface area contributed by atoms with Gasteiger partial charge in [0.2, 0.25) is 5.91 Å². The zero-order valence-corrected chi connectivity index (χ0v) is 19.0. The molecule has 3 heterocycles. The van der Waals surface area contributed by atoms with Gasteiger partial charge in [0.1, 0.15) is 11.8 Å². The van der Waals surface area contributed by atoms with Crippen molar-refractivity contribution in [3.05, 3.63) is 23.0 Å². The number of urea groups is 1. The molecule has 2 fully saturated rings. The van der Waals surface area contributed by atoms with Crippen LogP contribution in [0.2, 0.25) is 0 Å². The SMILES string of the molecule is COCCN1C[C@@H]2CN(Cc3ncc(C)c(OC)c3C)C(=O)N2[C@@H](CC(C)C)C1=O. The van der Waals surface area contributed by atoms with E-state index in [1.54, 1.807) is 20.4 Å². The number of aryl methyl sites for hydroxylation is 1. The largest absolute Gasteiger partial charge is 0.496 e. The molecule has 166 valence electrons. The number of fused-ring (bicyclic) bond motifs is 1. The number of carbonyl (C=O) groups is 2. The van der Waals surface area contributed by atoms with E-state index in [1.165, 1.54) is 0 Å². The maximum atomic E-state index is 13.3. The van der Waals surface area contributed by atoms with Crippen molar-refractivity contribution in [1.29, 1.82) is 0 Å². The summed E-state index contributed by atoms with van der Waals surface area (Å²) >= 11 is 0. The lowest BCUT2D eigenvalue weighted by atomic mass is 9.97. The molecule has 0 bridgehead atoms. The number of hydrogen-bond acceptors (Lipinski definition) is 5. The van der Waals surface area contributed by atoms with Crippen molar-refractivity contribution in [2.75, 3.05) is 40.5 Å². The monoisotopic (exact) mass is 418 g/mol. The van der Waals surface area contributed by atoms with E-state index in [9.17, 15) is 9.59 Å². The van der Waals surface area contributed by atoms with Gasteiger partial charge < -0.3 is 24.2 Å². The van der Waals surface area contributed by atoms with Crippen molar-refractivity contribution >= 4 is 11.9 Å². The lowest BCUT2D eigenvalue weighted by Gasteiger charge is -2.42. The zero-order chi connectivity index (χ0) is 22.0. The Kier molecular flexibility index (Phi) is 6.85. The number of pyridine rings is 1. The average molecular weight is 419 g/mol. The normalized spacial score (nSPS) is 21.6. The van der Waals surface area contributed by atoms with Crippen LogP contribution in [0.1, 0.15) is 37.1 Å². The topological polar surface area (TPSA) is 75.2 Å². The summed E-state index contributed by atoms with van der Waals surface area (Å²) in [5, 5.41) is 0. The summed E-state index contributed by atoms with van der Waals surface area (Å²) in [6, 6.07) is -0.505. The summed E-state index contributed by atoms with van der Waals surface area (Å²) in [5.41, 5.74) is 2.75. The van der Waals surface area contributed by atoms with Crippen LogP contribution in [0.4, 0.5) is 4.79 Å². The van der Waals surface area contributed by atoms with Gasteiger partial charge in [0.15, 0.2) is 0 Å². The van der Waals surface area contributed by atoms with Gasteiger partial charge in [-0.05, 0) is 26.2 Å². The molecule has 0 aliphatic carbocycles. The average Bonchev–Trinajstić information content (AvgIpc) is 3.00. The van der Waals surface area contributed by atoms with Gasteiger partial charge in [-0.15, -0.1) is 0 Å². The Balaban J connectivity index is 1.83. The fourth-order valence-corrected chi connectivity index (χ4v) is 4.55. The van der Waals surface area contributed by atoms with E-state index < -0.39 is 6.04 Å². The first-order valence-corrected chi connectivity index (χ1v) is 10.6. The molecule has 0 N–H and O–H groups in total. The predicted octanol–water partition coefficient (Wildman–Crippen LogP) is 2.22. The van der Waals surface area contributed by atoms with E-state index in [1.807, 2.05) is 28.5 Å². The molecule has 3 rings (SSSR count). The first-order chi connectivity index (χ1) is 14.3.